The molecule has 116 valence electrons. The van der Waals surface area contributed by atoms with Crippen LogP contribution < -0.4 is 4.90 Å². The number of nitrogens with zero attached hydrogens (tertiary/aromatic N) is 6. The Kier molecular flexibility index (Phi) is 6.12. The predicted octanol–water partition coefficient (Wildman–Crippen LogP) is 1.82. The van der Waals surface area contributed by atoms with E-state index in [1.807, 2.05) is 19.2 Å². The predicted molar refractivity (Wildman–Crippen MR) is 83.8 cm³/mol. The van der Waals surface area contributed by atoms with E-state index in [4.69, 9.17) is 5.26 Å². The van der Waals surface area contributed by atoms with Gasteiger partial charge in [0.05, 0.1) is 18.1 Å². The first-order valence-electron chi connectivity index (χ1n) is 7.74. The number of rotatable bonds is 7. The standard InChI is InChI=1S/C16H22N6/c1-21(12-14(11-18)5-2-8-17)13-15-6-4-10-22(15)16-7-3-9-19-20-16/h3,7,9,14-15H,2,4-6,10,12-13H2,1H3/t14-,15+/m1/s1. The highest BCUT2D eigenvalue weighted by Crippen LogP contribution is 2.23. The lowest BCUT2D eigenvalue weighted by atomic mass is 10.0. The van der Waals surface area contributed by atoms with Crippen molar-refractivity contribution in [2.24, 2.45) is 5.92 Å². The van der Waals surface area contributed by atoms with Crippen LogP contribution in [-0.4, -0.2) is 47.8 Å². The van der Waals surface area contributed by atoms with Gasteiger partial charge >= 0.3 is 0 Å². The van der Waals surface area contributed by atoms with Crippen LogP contribution in [0.3, 0.4) is 0 Å². The van der Waals surface area contributed by atoms with Crippen molar-refractivity contribution in [1.82, 2.24) is 15.1 Å². The summed E-state index contributed by atoms with van der Waals surface area (Å²) in [5.41, 5.74) is 0. The molecule has 6 heteroatoms. The molecule has 2 heterocycles. The molecule has 2 rings (SSSR count). The van der Waals surface area contributed by atoms with Gasteiger partial charge in [-0.1, -0.05) is 0 Å². The van der Waals surface area contributed by atoms with Crippen LogP contribution in [0.4, 0.5) is 5.82 Å². The maximum Gasteiger partial charge on any atom is 0.151 e. The molecule has 6 nitrogen and oxygen atoms in total. The fourth-order valence-corrected chi connectivity index (χ4v) is 3.02. The summed E-state index contributed by atoms with van der Waals surface area (Å²) < 4.78 is 0. The van der Waals surface area contributed by atoms with Crippen molar-refractivity contribution < 1.29 is 0 Å². The van der Waals surface area contributed by atoms with Gasteiger partial charge in [0.1, 0.15) is 0 Å². The number of hydrogen-bond acceptors (Lipinski definition) is 6. The third-order valence-corrected chi connectivity index (χ3v) is 4.07. The van der Waals surface area contributed by atoms with Gasteiger partial charge in [-0.25, -0.2) is 0 Å². The van der Waals surface area contributed by atoms with E-state index >= 15 is 0 Å². The number of hydrogen-bond donors (Lipinski definition) is 0. The van der Waals surface area contributed by atoms with Gasteiger partial charge in [-0.05, 0) is 38.4 Å². The van der Waals surface area contributed by atoms with E-state index in [1.165, 1.54) is 0 Å². The highest BCUT2D eigenvalue weighted by Gasteiger charge is 2.27. The minimum Gasteiger partial charge on any atom is -0.351 e. The van der Waals surface area contributed by atoms with Gasteiger partial charge in [0.15, 0.2) is 5.82 Å². The number of anilines is 1. The molecule has 0 spiro atoms. The lowest BCUT2D eigenvalue weighted by Gasteiger charge is -2.29. The van der Waals surface area contributed by atoms with Crippen molar-refractivity contribution in [2.45, 2.75) is 31.7 Å². The molecule has 0 bridgehead atoms. The van der Waals surface area contributed by atoms with Crippen LogP contribution >= 0.6 is 0 Å². The molecule has 0 amide bonds. The summed E-state index contributed by atoms with van der Waals surface area (Å²) in [5.74, 6) is 0.857. The Morgan fingerprint density at radius 3 is 3.05 bits per heavy atom. The average Bonchev–Trinajstić information content (AvgIpc) is 3.00. The molecule has 1 saturated heterocycles. The van der Waals surface area contributed by atoms with Gasteiger partial charge in [-0.2, -0.15) is 15.6 Å². The van der Waals surface area contributed by atoms with Crippen molar-refractivity contribution in [1.29, 1.82) is 10.5 Å². The molecule has 0 aliphatic carbocycles. The molecular formula is C16H22N6. The molecule has 0 radical (unpaired) electrons. The normalized spacial score (nSPS) is 18.9. The molecule has 1 aromatic rings. The minimum atomic E-state index is -0.0731. The van der Waals surface area contributed by atoms with Gasteiger partial charge in [0, 0.05) is 38.3 Å². The topological polar surface area (TPSA) is 79.8 Å². The Balaban J connectivity index is 1.89. The van der Waals surface area contributed by atoms with E-state index in [1.54, 1.807) is 6.20 Å². The first kappa shape index (κ1) is 16.2. The zero-order chi connectivity index (χ0) is 15.8. The van der Waals surface area contributed by atoms with Gasteiger partial charge in [-0.15, -0.1) is 5.10 Å². The second kappa shape index (κ2) is 8.31. The first-order valence-corrected chi connectivity index (χ1v) is 7.74. The molecule has 2 atom stereocenters. The summed E-state index contributed by atoms with van der Waals surface area (Å²) in [4.78, 5) is 4.50. The molecule has 0 unspecified atom stereocenters. The molecule has 1 fully saturated rings. The smallest absolute Gasteiger partial charge is 0.151 e. The van der Waals surface area contributed by atoms with E-state index in [9.17, 15) is 5.26 Å². The third-order valence-electron chi connectivity index (χ3n) is 4.07. The number of nitriles is 2. The van der Waals surface area contributed by atoms with Crippen molar-refractivity contribution in [3.8, 4) is 12.1 Å². The zero-order valence-corrected chi connectivity index (χ0v) is 13.0. The second-order valence-electron chi connectivity index (χ2n) is 5.82. The van der Waals surface area contributed by atoms with E-state index in [0.717, 1.165) is 31.7 Å². The van der Waals surface area contributed by atoms with Gasteiger partial charge in [0.25, 0.3) is 0 Å². The Bertz CT molecular complexity index is 532. The summed E-state index contributed by atoms with van der Waals surface area (Å²) in [6.07, 6.45) is 5.08. The lowest BCUT2D eigenvalue weighted by Crippen LogP contribution is -2.40. The van der Waals surface area contributed by atoms with Gasteiger partial charge < -0.3 is 9.80 Å². The highest BCUT2D eigenvalue weighted by atomic mass is 15.3. The average molecular weight is 298 g/mol. The van der Waals surface area contributed by atoms with E-state index in [0.29, 0.717) is 25.4 Å². The van der Waals surface area contributed by atoms with Crippen molar-refractivity contribution in [2.75, 3.05) is 31.6 Å². The van der Waals surface area contributed by atoms with Crippen LogP contribution in [0, 0.1) is 28.6 Å². The third kappa shape index (κ3) is 4.41. The summed E-state index contributed by atoms with van der Waals surface area (Å²) in [5, 5.41) is 26.0. The Labute approximate surface area is 132 Å². The first-order chi connectivity index (χ1) is 10.7. The Morgan fingerprint density at radius 2 is 2.36 bits per heavy atom. The van der Waals surface area contributed by atoms with Crippen molar-refractivity contribution >= 4 is 5.82 Å². The van der Waals surface area contributed by atoms with Crippen LogP contribution in [0.5, 0.6) is 0 Å². The molecule has 1 aromatic heterocycles. The monoisotopic (exact) mass is 298 g/mol. The molecule has 1 aliphatic rings. The largest absolute Gasteiger partial charge is 0.351 e. The van der Waals surface area contributed by atoms with E-state index < -0.39 is 0 Å². The van der Waals surface area contributed by atoms with Gasteiger partial charge in [-0.3, -0.25) is 0 Å². The summed E-state index contributed by atoms with van der Waals surface area (Å²) in [6, 6.07) is 8.74. The molecule has 0 saturated carbocycles. The molecule has 0 N–H and O–H groups in total. The van der Waals surface area contributed by atoms with Crippen LogP contribution in [0.1, 0.15) is 25.7 Å². The molecule has 1 aliphatic heterocycles. The summed E-state index contributed by atoms with van der Waals surface area (Å²) in [7, 11) is 2.05. The van der Waals surface area contributed by atoms with Crippen molar-refractivity contribution in [3.05, 3.63) is 18.3 Å². The molecule has 22 heavy (non-hydrogen) atoms. The minimum absolute atomic E-state index is 0.0731. The Hall–Kier alpha value is -2.18. The molecular weight excluding hydrogens is 276 g/mol. The number of aromatic nitrogens is 2. The zero-order valence-electron chi connectivity index (χ0n) is 13.0. The summed E-state index contributed by atoms with van der Waals surface area (Å²) >= 11 is 0. The van der Waals surface area contributed by atoms with E-state index in [2.05, 4.69) is 32.1 Å². The fraction of sp³-hybridized carbons (Fsp3) is 0.625. The highest BCUT2D eigenvalue weighted by molar-refractivity contribution is 5.39. The lowest BCUT2D eigenvalue weighted by molar-refractivity contribution is 0.279. The fourth-order valence-electron chi connectivity index (χ4n) is 3.02. The second-order valence-corrected chi connectivity index (χ2v) is 5.82. The molecule has 0 aromatic carbocycles. The van der Waals surface area contributed by atoms with E-state index in [-0.39, 0.29) is 5.92 Å². The van der Waals surface area contributed by atoms with Gasteiger partial charge in [0.2, 0.25) is 0 Å². The van der Waals surface area contributed by atoms with Crippen LogP contribution in [-0.2, 0) is 0 Å². The summed E-state index contributed by atoms with van der Waals surface area (Å²) in [6.45, 7) is 2.62. The van der Waals surface area contributed by atoms with Crippen LogP contribution in [0.15, 0.2) is 18.3 Å². The Morgan fingerprint density at radius 1 is 1.50 bits per heavy atom. The quantitative estimate of drug-likeness (QED) is 0.764. The maximum absolute atomic E-state index is 9.18. The SMILES string of the molecule is CN(C[C@@H](C#N)CCC#N)C[C@@H]1CCCN1c1cccnn1. The van der Waals surface area contributed by atoms with Crippen LogP contribution in [0.2, 0.25) is 0 Å². The maximum atomic E-state index is 9.18. The number of likely N-dealkylation sites (N-methyl/N-ethyl adjacent to an activating group) is 1. The van der Waals surface area contributed by atoms with Crippen molar-refractivity contribution in [3.63, 3.8) is 0 Å². The van der Waals surface area contributed by atoms with Crippen LogP contribution in [0.25, 0.3) is 0 Å².